The van der Waals surface area contributed by atoms with Gasteiger partial charge in [0.25, 0.3) is 5.91 Å². The monoisotopic (exact) mass is 253 g/mol. The van der Waals surface area contributed by atoms with Crippen LogP contribution in [0.4, 0.5) is 10.1 Å². The fourth-order valence-corrected chi connectivity index (χ4v) is 1.63. The van der Waals surface area contributed by atoms with Crippen LogP contribution in [0.3, 0.4) is 0 Å². The molecule has 18 heavy (non-hydrogen) atoms. The Kier molecular flexibility index (Phi) is 3.45. The summed E-state index contributed by atoms with van der Waals surface area (Å²) in [7, 11) is 0. The van der Waals surface area contributed by atoms with Gasteiger partial charge < -0.3 is 14.8 Å². The standard InChI is InChI=1S/C12H12FNO4/c1-2-17-11(15)6-10-12(16)14-8-5-7(13)3-4-9(8)18-10/h3-5,10H,2,6H2,1H3,(H,14,16). The molecule has 0 spiro atoms. The van der Waals surface area contributed by atoms with Crippen molar-refractivity contribution < 1.29 is 23.5 Å². The van der Waals surface area contributed by atoms with Crippen molar-refractivity contribution in [3.63, 3.8) is 0 Å². The summed E-state index contributed by atoms with van der Waals surface area (Å²) in [4.78, 5) is 22.9. The van der Waals surface area contributed by atoms with Gasteiger partial charge in [-0.05, 0) is 19.1 Å². The first kappa shape index (κ1) is 12.3. The van der Waals surface area contributed by atoms with E-state index in [4.69, 9.17) is 9.47 Å². The number of anilines is 1. The van der Waals surface area contributed by atoms with Crippen molar-refractivity contribution >= 4 is 17.6 Å². The molecule has 1 aromatic carbocycles. The Morgan fingerprint density at radius 3 is 3.06 bits per heavy atom. The van der Waals surface area contributed by atoms with E-state index in [0.29, 0.717) is 5.75 Å². The molecule has 1 N–H and O–H groups in total. The van der Waals surface area contributed by atoms with Crippen LogP contribution in [0.2, 0.25) is 0 Å². The lowest BCUT2D eigenvalue weighted by molar-refractivity contribution is -0.147. The first-order valence-corrected chi connectivity index (χ1v) is 5.53. The summed E-state index contributed by atoms with van der Waals surface area (Å²) in [6.07, 6.45) is -1.11. The van der Waals surface area contributed by atoms with Crippen LogP contribution >= 0.6 is 0 Å². The van der Waals surface area contributed by atoms with Crippen molar-refractivity contribution in [3.05, 3.63) is 24.0 Å². The Morgan fingerprint density at radius 1 is 1.56 bits per heavy atom. The van der Waals surface area contributed by atoms with Crippen molar-refractivity contribution in [1.29, 1.82) is 0 Å². The fraction of sp³-hybridized carbons (Fsp3) is 0.333. The highest BCUT2D eigenvalue weighted by Gasteiger charge is 2.30. The number of rotatable bonds is 3. The largest absolute Gasteiger partial charge is 0.478 e. The molecule has 1 aromatic rings. The lowest BCUT2D eigenvalue weighted by Crippen LogP contribution is -2.38. The lowest BCUT2D eigenvalue weighted by Gasteiger charge is -2.25. The molecule has 1 aliphatic heterocycles. The molecule has 1 aliphatic rings. The summed E-state index contributed by atoms with van der Waals surface area (Å²) < 4.78 is 23.0. The highest BCUT2D eigenvalue weighted by atomic mass is 19.1. The molecular formula is C12H12FNO4. The van der Waals surface area contributed by atoms with E-state index in [1.54, 1.807) is 6.92 Å². The van der Waals surface area contributed by atoms with Gasteiger partial charge in [0, 0.05) is 6.07 Å². The van der Waals surface area contributed by atoms with Gasteiger partial charge >= 0.3 is 5.97 Å². The van der Waals surface area contributed by atoms with E-state index in [9.17, 15) is 14.0 Å². The first-order valence-electron chi connectivity index (χ1n) is 5.53. The average Bonchev–Trinajstić information content (AvgIpc) is 2.31. The number of benzene rings is 1. The molecule has 1 amide bonds. The quantitative estimate of drug-likeness (QED) is 0.829. The molecule has 0 aromatic heterocycles. The number of hydrogen-bond donors (Lipinski definition) is 1. The van der Waals surface area contributed by atoms with E-state index in [2.05, 4.69) is 5.32 Å². The lowest BCUT2D eigenvalue weighted by atomic mass is 10.1. The van der Waals surface area contributed by atoms with Gasteiger partial charge in [0.15, 0.2) is 6.10 Å². The summed E-state index contributed by atoms with van der Waals surface area (Å²) in [6, 6.07) is 3.79. The molecule has 1 unspecified atom stereocenters. The Morgan fingerprint density at radius 2 is 2.33 bits per heavy atom. The minimum Gasteiger partial charge on any atom is -0.478 e. The van der Waals surface area contributed by atoms with Gasteiger partial charge in [0.1, 0.15) is 11.6 Å². The zero-order valence-electron chi connectivity index (χ0n) is 9.73. The van der Waals surface area contributed by atoms with Gasteiger partial charge in [0.2, 0.25) is 0 Å². The van der Waals surface area contributed by atoms with Crippen molar-refractivity contribution in [3.8, 4) is 5.75 Å². The van der Waals surface area contributed by atoms with Gasteiger partial charge in [-0.2, -0.15) is 0 Å². The summed E-state index contributed by atoms with van der Waals surface area (Å²) >= 11 is 0. The number of carbonyl (C=O) groups is 2. The Bertz CT molecular complexity index is 489. The molecule has 1 atom stereocenters. The van der Waals surface area contributed by atoms with Gasteiger partial charge in [0.05, 0.1) is 18.7 Å². The van der Waals surface area contributed by atoms with Crippen LogP contribution in [0.25, 0.3) is 0 Å². The molecule has 0 saturated heterocycles. The zero-order valence-corrected chi connectivity index (χ0v) is 9.73. The van der Waals surface area contributed by atoms with Crippen LogP contribution in [0, 0.1) is 5.82 Å². The topological polar surface area (TPSA) is 64.6 Å². The predicted molar refractivity (Wildman–Crippen MR) is 60.7 cm³/mol. The maximum absolute atomic E-state index is 12.9. The molecule has 0 aliphatic carbocycles. The van der Waals surface area contributed by atoms with Crippen LogP contribution in [0.15, 0.2) is 18.2 Å². The van der Waals surface area contributed by atoms with Crippen molar-refractivity contribution in [2.45, 2.75) is 19.4 Å². The molecule has 6 heteroatoms. The Labute approximate surface area is 103 Å². The SMILES string of the molecule is CCOC(=O)CC1Oc2ccc(F)cc2NC1=O. The molecule has 0 saturated carbocycles. The highest BCUT2D eigenvalue weighted by molar-refractivity contribution is 5.99. The summed E-state index contributed by atoms with van der Waals surface area (Å²) in [5.41, 5.74) is 0.264. The van der Waals surface area contributed by atoms with E-state index in [1.807, 2.05) is 0 Å². The number of amides is 1. The van der Waals surface area contributed by atoms with E-state index in [-0.39, 0.29) is 18.7 Å². The molecule has 5 nitrogen and oxygen atoms in total. The summed E-state index contributed by atoms with van der Waals surface area (Å²) in [6.45, 7) is 1.92. The highest BCUT2D eigenvalue weighted by Crippen LogP contribution is 2.30. The summed E-state index contributed by atoms with van der Waals surface area (Å²) in [5.74, 6) is -1.13. The number of fused-ring (bicyclic) bond motifs is 1. The molecule has 96 valence electrons. The predicted octanol–water partition coefficient (Wildman–Crippen LogP) is 1.48. The van der Waals surface area contributed by atoms with E-state index in [1.165, 1.54) is 12.1 Å². The van der Waals surface area contributed by atoms with Crippen LogP contribution < -0.4 is 10.1 Å². The molecule has 1 heterocycles. The second-order valence-electron chi connectivity index (χ2n) is 3.75. The Hall–Kier alpha value is -2.11. The molecule has 0 bridgehead atoms. The smallest absolute Gasteiger partial charge is 0.310 e. The second kappa shape index (κ2) is 5.03. The molecular weight excluding hydrogens is 241 g/mol. The third-order valence-electron chi connectivity index (χ3n) is 2.42. The molecule has 2 rings (SSSR count). The van der Waals surface area contributed by atoms with E-state index < -0.39 is 23.8 Å². The number of carbonyl (C=O) groups excluding carboxylic acids is 2. The minimum absolute atomic E-state index is 0.170. The van der Waals surface area contributed by atoms with Crippen LogP contribution in [-0.2, 0) is 14.3 Å². The third kappa shape index (κ3) is 2.58. The van der Waals surface area contributed by atoms with Crippen molar-refractivity contribution in [1.82, 2.24) is 0 Å². The summed E-state index contributed by atoms with van der Waals surface area (Å²) in [5, 5.41) is 2.49. The van der Waals surface area contributed by atoms with E-state index >= 15 is 0 Å². The number of halogens is 1. The fourth-order valence-electron chi connectivity index (χ4n) is 1.63. The number of ether oxygens (including phenoxy) is 2. The number of esters is 1. The van der Waals surface area contributed by atoms with Gasteiger partial charge in [-0.1, -0.05) is 0 Å². The zero-order chi connectivity index (χ0) is 13.1. The van der Waals surface area contributed by atoms with Crippen molar-refractivity contribution in [2.75, 3.05) is 11.9 Å². The van der Waals surface area contributed by atoms with Gasteiger partial charge in [-0.25, -0.2) is 4.39 Å². The number of nitrogens with one attached hydrogen (secondary N) is 1. The maximum Gasteiger partial charge on any atom is 0.310 e. The maximum atomic E-state index is 12.9. The van der Waals surface area contributed by atoms with Crippen molar-refractivity contribution in [2.24, 2.45) is 0 Å². The molecule has 0 radical (unpaired) electrons. The second-order valence-corrected chi connectivity index (χ2v) is 3.75. The first-order chi connectivity index (χ1) is 8.60. The average molecular weight is 253 g/mol. The minimum atomic E-state index is -0.943. The van der Waals surface area contributed by atoms with Gasteiger partial charge in [-0.15, -0.1) is 0 Å². The van der Waals surface area contributed by atoms with Crippen LogP contribution in [0.5, 0.6) is 5.75 Å². The Balaban J connectivity index is 2.11. The normalized spacial score (nSPS) is 17.4. The van der Waals surface area contributed by atoms with E-state index in [0.717, 1.165) is 6.07 Å². The molecule has 0 fully saturated rings. The van der Waals surface area contributed by atoms with Crippen LogP contribution in [-0.4, -0.2) is 24.6 Å². The number of hydrogen-bond acceptors (Lipinski definition) is 4. The van der Waals surface area contributed by atoms with Gasteiger partial charge in [-0.3, -0.25) is 9.59 Å². The van der Waals surface area contributed by atoms with Crippen LogP contribution in [0.1, 0.15) is 13.3 Å². The third-order valence-corrected chi connectivity index (χ3v) is 2.42.